The minimum atomic E-state index is -0.462. The van der Waals surface area contributed by atoms with E-state index in [0.717, 1.165) is 6.42 Å². The molecule has 2 heterocycles. The van der Waals surface area contributed by atoms with Gasteiger partial charge in [-0.15, -0.1) is 0 Å². The van der Waals surface area contributed by atoms with E-state index >= 15 is 0 Å². The Morgan fingerprint density at radius 2 is 1.92 bits per heavy atom. The SMILES string of the molecule is Cn1cc2c3c(cccc31)[C@@H]1C[C@@](C)(C#N)N[C@H]1[C@@H]2c1ccccc1. The Morgan fingerprint density at radius 3 is 2.68 bits per heavy atom. The minimum absolute atomic E-state index is 0.257. The summed E-state index contributed by atoms with van der Waals surface area (Å²) in [5, 5.41) is 14.8. The van der Waals surface area contributed by atoms with Gasteiger partial charge in [0.15, 0.2) is 0 Å². The van der Waals surface area contributed by atoms with Gasteiger partial charge in [-0.1, -0.05) is 42.5 Å². The lowest BCUT2D eigenvalue weighted by Gasteiger charge is -2.34. The second kappa shape index (κ2) is 4.97. The van der Waals surface area contributed by atoms with Crippen molar-refractivity contribution >= 4 is 10.9 Å². The Labute approximate surface area is 147 Å². The van der Waals surface area contributed by atoms with Crippen LogP contribution in [0.3, 0.4) is 0 Å². The van der Waals surface area contributed by atoms with Crippen molar-refractivity contribution in [2.45, 2.75) is 36.8 Å². The standard InChI is InChI=1S/C22H21N3/c1-22(13-23)11-16-15-9-6-10-18-20(15)17(12-25(18)2)19(21(16)24-22)14-7-4-3-5-8-14/h3-10,12,16,19,21,24H,11H2,1-2H3/t16-,19+,21+,22-/m0/s1. The van der Waals surface area contributed by atoms with Crippen molar-refractivity contribution < 1.29 is 0 Å². The highest BCUT2D eigenvalue weighted by atomic mass is 15.1. The Kier molecular flexibility index (Phi) is 2.93. The molecule has 0 amide bonds. The van der Waals surface area contributed by atoms with Crippen LogP contribution in [0.15, 0.2) is 54.7 Å². The molecular weight excluding hydrogens is 306 g/mol. The average Bonchev–Trinajstić information content (AvgIpc) is 3.16. The smallest absolute Gasteiger partial charge is 0.104 e. The van der Waals surface area contributed by atoms with Crippen molar-refractivity contribution in [3.05, 3.63) is 71.4 Å². The Morgan fingerprint density at radius 1 is 1.12 bits per heavy atom. The number of nitrogens with one attached hydrogen (secondary N) is 1. The maximum absolute atomic E-state index is 9.72. The van der Waals surface area contributed by atoms with Gasteiger partial charge in [-0.2, -0.15) is 5.26 Å². The second-order valence-corrected chi connectivity index (χ2v) is 7.75. The highest BCUT2D eigenvalue weighted by Crippen LogP contribution is 2.52. The second-order valence-electron chi connectivity index (χ2n) is 7.75. The van der Waals surface area contributed by atoms with Gasteiger partial charge in [0.05, 0.1) is 6.07 Å². The van der Waals surface area contributed by atoms with Gasteiger partial charge < -0.3 is 4.57 Å². The maximum atomic E-state index is 9.72. The van der Waals surface area contributed by atoms with Crippen molar-refractivity contribution in [1.82, 2.24) is 9.88 Å². The third kappa shape index (κ3) is 1.95. The van der Waals surface area contributed by atoms with E-state index in [4.69, 9.17) is 0 Å². The topological polar surface area (TPSA) is 40.8 Å². The molecule has 1 aliphatic heterocycles. The van der Waals surface area contributed by atoms with Crippen LogP contribution in [0.1, 0.15) is 41.9 Å². The van der Waals surface area contributed by atoms with Gasteiger partial charge in [0.2, 0.25) is 0 Å². The van der Waals surface area contributed by atoms with Gasteiger partial charge in [-0.05, 0) is 36.1 Å². The van der Waals surface area contributed by atoms with Crippen molar-refractivity contribution in [2.24, 2.45) is 7.05 Å². The fourth-order valence-electron chi connectivity index (χ4n) is 5.09. The van der Waals surface area contributed by atoms with E-state index in [1.807, 2.05) is 6.92 Å². The lowest BCUT2D eigenvalue weighted by atomic mass is 9.71. The first-order valence-electron chi connectivity index (χ1n) is 8.93. The molecule has 1 N–H and O–H groups in total. The van der Waals surface area contributed by atoms with Gasteiger partial charge in [0, 0.05) is 42.0 Å². The van der Waals surface area contributed by atoms with Crippen molar-refractivity contribution in [1.29, 1.82) is 5.26 Å². The van der Waals surface area contributed by atoms with E-state index in [1.54, 1.807) is 0 Å². The van der Waals surface area contributed by atoms with Gasteiger partial charge in [-0.3, -0.25) is 5.32 Å². The first-order valence-corrected chi connectivity index (χ1v) is 8.93. The summed E-state index contributed by atoms with van der Waals surface area (Å²) in [4.78, 5) is 0. The van der Waals surface area contributed by atoms with Crippen LogP contribution in [0.5, 0.6) is 0 Å². The molecule has 3 nitrogen and oxygen atoms in total. The number of hydrogen-bond donors (Lipinski definition) is 1. The lowest BCUT2D eigenvalue weighted by Crippen LogP contribution is -2.43. The Bertz CT molecular complexity index is 1010. The number of aromatic nitrogens is 1. The zero-order valence-corrected chi connectivity index (χ0v) is 14.5. The molecule has 3 aromatic rings. The molecule has 0 unspecified atom stereocenters. The van der Waals surface area contributed by atoms with E-state index < -0.39 is 5.54 Å². The predicted molar refractivity (Wildman–Crippen MR) is 99.5 cm³/mol. The van der Waals surface area contributed by atoms with Gasteiger partial charge >= 0.3 is 0 Å². The molecule has 5 rings (SSSR count). The zero-order chi connectivity index (χ0) is 17.2. The summed E-state index contributed by atoms with van der Waals surface area (Å²) in [7, 11) is 2.13. The van der Waals surface area contributed by atoms with Crippen LogP contribution in [0.25, 0.3) is 10.9 Å². The van der Waals surface area contributed by atoms with Crippen LogP contribution < -0.4 is 5.32 Å². The van der Waals surface area contributed by atoms with Gasteiger partial charge in [0.1, 0.15) is 5.54 Å². The van der Waals surface area contributed by atoms with E-state index in [9.17, 15) is 5.26 Å². The van der Waals surface area contributed by atoms with Crippen LogP contribution >= 0.6 is 0 Å². The quantitative estimate of drug-likeness (QED) is 0.732. The van der Waals surface area contributed by atoms with Crippen molar-refractivity contribution in [3.8, 4) is 6.07 Å². The summed E-state index contributed by atoms with van der Waals surface area (Å²) >= 11 is 0. The number of benzene rings is 2. The first-order chi connectivity index (χ1) is 12.1. The number of nitriles is 1. The van der Waals surface area contributed by atoms with Crippen LogP contribution in [0, 0.1) is 11.3 Å². The number of fused-ring (bicyclic) bond motifs is 2. The van der Waals surface area contributed by atoms with Gasteiger partial charge in [0.25, 0.3) is 0 Å². The fourth-order valence-corrected chi connectivity index (χ4v) is 5.09. The van der Waals surface area contributed by atoms with E-state index in [1.165, 1.54) is 27.6 Å². The van der Waals surface area contributed by atoms with E-state index in [2.05, 4.69) is 77.7 Å². The molecule has 2 aliphatic rings. The summed E-state index contributed by atoms with van der Waals surface area (Å²) in [6, 6.07) is 20.1. The Hall–Kier alpha value is -2.57. The third-order valence-corrected chi connectivity index (χ3v) is 6.12. The third-order valence-electron chi connectivity index (χ3n) is 6.12. The molecule has 3 heteroatoms. The summed E-state index contributed by atoms with van der Waals surface area (Å²) in [6.07, 6.45) is 3.15. The van der Waals surface area contributed by atoms with Crippen LogP contribution in [-0.2, 0) is 7.05 Å². The molecular formula is C22H21N3. The molecule has 1 fully saturated rings. The van der Waals surface area contributed by atoms with Crippen LogP contribution in [0.2, 0.25) is 0 Å². The lowest BCUT2D eigenvalue weighted by molar-refractivity contribution is 0.447. The van der Waals surface area contributed by atoms with Crippen LogP contribution in [0.4, 0.5) is 0 Å². The molecule has 1 aromatic heterocycles. The highest BCUT2D eigenvalue weighted by molar-refractivity contribution is 5.90. The summed E-state index contributed by atoms with van der Waals surface area (Å²) in [5.41, 5.74) is 4.94. The fraction of sp³-hybridized carbons (Fsp3) is 0.318. The number of aryl methyl sites for hydroxylation is 1. The normalized spacial score (nSPS) is 30.2. The largest absolute Gasteiger partial charge is 0.350 e. The molecule has 0 spiro atoms. The first kappa shape index (κ1) is 14.7. The van der Waals surface area contributed by atoms with Crippen molar-refractivity contribution in [3.63, 3.8) is 0 Å². The average molecular weight is 327 g/mol. The van der Waals surface area contributed by atoms with Crippen LogP contribution in [-0.4, -0.2) is 16.1 Å². The molecule has 0 bridgehead atoms. The maximum Gasteiger partial charge on any atom is 0.104 e. The molecule has 2 aromatic carbocycles. The van der Waals surface area contributed by atoms with Crippen molar-refractivity contribution in [2.75, 3.05) is 0 Å². The molecule has 0 radical (unpaired) electrons. The van der Waals surface area contributed by atoms with Gasteiger partial charge in [-0.25, -0.2) is 0 Å². The van der Waals surface area contributed by atoms with E-state index in [0.29, 0.717) is 5.92 Å². The molecule has 124 valence electrons. The predicted octanol–water partition coefficient (Wildman–Crippen LogP) is 4.05. The van der Waals surface area contributed by atoms with E-state index in [-0.39, 0.29) is 12.0 Å². The Balaban J connectivity index is 1.81. The zero-order valence-electron chi connectivity index (χ0n) is 14.5. The number of nitrogens with zero attached hydrogens (tertiary/aromatic N) is 2. The number of hydrogen-bond acceptors (Lipinski definition) is 2. The molecule has 4 atom stereocenters. The summed E-state index contributed by atoms with van der Waals surface area (Å²) in [6.45, 7) is 2.04. The molecule has 1 aliphatic carbocycles. The number of rotatable bonds is 1. The highest BCUT2D eigenvalue weighted by Gasteiger charge is 2.49. The monoisotopic (exact) mass is 327 g/mol. The molecule has 25 heavy (non-hydrogen) atoms. The summed E-state index contributed by atoms with van der Waals surface area (Å²) in [5.74, 6) is 0.647. The molecule has 1 saturated heterocycles. The molecule has 0 saturated carbocycles. The minimum Gasteiger partial charge on any atom is -0.350 e. The summed E-state index contributed by atoms with van der Waals surface area (Å²) < 4.78 is 2.24.